The first-order valence-electron chi connectivity index (χ1n) is 11.5. The molecule has 0 spiro atoms. The van der Waals surface area contributed by atoms with E-state index in [0.29, 0.717) is 11.9 Å². The Kier molecular flexibility index (Phi) is 8.66. The molecule has 3 N–H and O–H groups in total. The topological polar surface area (TPSA) is 118 Å². The van der Waals surface area contributed by atoms with Crippen LogP contribution in [0.3, 0.4) is 0 Å². The van der Waals surface area contributed by atoms with Crippen LogP contribution in [-0.4, -0.2) is 27.5 Å². The highest BCUT2D eigenvalue weighted by Crippen LogP contribution is 2.39. The minimum absolute atomic E-state index is 0.0122. The van der Waals surface area contributed by atoms with Crippen molar-refractivity contribution in [3.63, 3.8) is 0 Å². The highest BCUT2D eigenvalue weighted by atomic mass is 35.5. The Morgan fingerprint density at radius 2 is 2.00 bits per heavy atom. The first-order chi connectivity index (χ1) is 18.4. The van der Waals surface area contributed by atoms with E-state index in [2.05, 4.69) is 4.98 Å². The number of allylic oxidation sites excluding steroid dienone is 4. The summed E-state index contributed by atoms with van der Waals surface area (Å²) < 4.78 is 85.6. The number of halogens is 7. The molecule has 1 aromatic carbocycles. The second-order valence-electron chi connectivity index (χ2n) is 9.27. The van der Waals surface area contributed by atoms with Gasteiger partial charge in [0.25, 0.3) is 5.56 Å². The molecule has 1 aliphatic rings. The molecule has 0 amide bonds. The average molecular weight is 586 g/mol. The highest BCUT2D eigenvalue weighted by molar-refractivity contribution is 6.30. The van der Waals surface area contributed by atoms with Gasteiger partial charge in [-0.3, -0.25) is 9.36 Å². The summed E-state index contributed by atoms with van der Waals surface area (Å²) in [4.78, 5) is 16.3. The van der Waals surface area contributed by atoms with Crippen molar-refractivity contribution < 1.29 is 31.1 Å². The molecule has 0 radical (unpaired) electrons. The summed E-state index contributed by atoms with van der Waals surface area (Å²) in [7, 11) is 0. The van der Waals surface area contributed by atoms with Gasteiger partial charge in [0.2, 0.25) is 5.75 Å². The van der Waals surface area contributed by atoms with E-state index < -0.39 is 47.4 Å². The molecule has 3 rings (SSSR count). The lowest BCUT2D eigenvalue weighted by Gasteiger charge is -2.31. The van der Waals surface area contributed by atoms with E-state index in [1.807, 2.05) is 0 Å². The van der Waals surface area contributed by atoms with Gasteiger partial charge in [0, 0.05) is 10.4 Å². The van der Waals surface area contributed by atoms with Crippen LogP contribution in [0.2, 0.25) is 5.02 Å². The first-order valence-corrected chi connectivity index (χ1v) is 11.9. The van der Waals surface area contributed by atoms with Crippen LogP contribution in [0.5, 0.6) is 11.5 Å². The molecule has 0 fully saturated rings. The van der Waals surface area contributed by atoms with Crippen molar-refractivity contribution in [1.82, 2.24) is 9.55 Å². The number of rotatable bonds is 7. The van der Waals surface area contributed by atoms with Crippen LogP contribution < -0.4 is 16.0 Å². The molecule has 212 valence electrons. The van der Waals surface area contributed by atoms with Gasteiger partial charge in [0.15, 0.2) is 5.69 Å². The Morgan fingerprint density at radius 1 is 1.32 bits per heavy atom. The SMILES string of the molecule is C/C(=C\C(=N)Cn1cnc(C(F)(F)F)c(Oc2cc(Cl)cc(C#N)c2)c1=O)C1(C)C=CC(C(N)C(F)(F)F)=CC1. The van der Waals surface area contributed by atoms with Crippen LogP contribution in [-0.2, 0) is 12.7 Å². The van der Waals surface area contributed by atoms with Crippen LogP contribution in [0, 0.1) is 22.2 Å². The monoisotopic (exact) mass is 585 g/mol. The summed E-state index contributed by atoms with van der Waals surface area (Å²) in [6, 6.07) is 3.10. The molecular formula is C26H22ClF6N5O2. The predicted molar refractivity (Wildman–Crippen MR) is 135 cm³/mol. The number of ether oxygens (including phenoxy) is 1. The fraction of sp³-hybridized carbons (Fsp3) is 0.308. The van der Waals surface area contributed by atoms with E-state index in [4.69, 9.17) is 32.7 Å². The van der Waals surface area contributed by atoms with E-state index in [0.717, 1.165) is 16.7 Å². The van der Waals surface area contributed by atoms with Gasteiger partial charge in [-0.2, -0.15) is 31.6 Å². The zero-order valence-electron chi connectivity index (χ0n) is 21.0. The van der Waals surface area contributed by atoms with Crippen molar-refractivity contribution in [2.24, 2.45) is 11.1 Å². The van der Waals surface area contributed by atoms with Crippen LogP contribution in [0.25, 0.3) is 0 Å². The zero-order chi connectivity index (χ0) is 30.0. The van der Waals surface area contributed by atoms with E-state index in [-0.39, 0.29) is 34.0 Å². The van der Waals surface area contributed by atoms with Crippen molar-refractivity contribution in [2.75, 3.05) is 0 Å². The lowest BCUT2D eigenvalue weighted by atomic mass is 9.75. The standard InChI is InChI=1S/C26H22ClF6N5O2/c1-14(24(2)5-3-16(4-6-24)21(36)25(28,29)30)7-18(35)12-38-13-37-22(26(31,32)33)20(23(38)39)40-19-9-15(11-34)8-17(27)10-19/h3-5,7-10,13,21,35H,6,12,36H2,1-2H3/b14-7+,35-18?. The molecule has 40 heavy (non-hydrogen) atoms. The van der Waals surface area contributed by atoms with Gasteiger partial charge in [0.1, 0.15) is 11.8 Å². The summed E-state index contributed by atoms with van der Waals surface area (Å²) in [5.41, 5.74) is 1.88. The van der Waals surface area contributed by atoms with E-state index in [9.17, 15) is 31.1 Å². The van der Waals surface area contributed by atoms with Gasteiger partial charge in [-0.25, -0.2) is 4.98 Å². The Balaban J connectivity index is 1.88. The highest BCUT2D eigenvalue weighted by Gasteiger charge is 2.40. The molecule has 2 unspecified atom stereocenters. The third-order valence-electron chi connectivity index (χ3n) is 6.23. The molecule has 0 bridgehead atoms. The van der Waals surface area contributed by atoms with Gasteiger partial charge >= 0.3 is 12.4 Å². The third-order valence-corrected chi connectivity index (χ3v) is 6.45. The average Bonchev–Trinajstić information content (AvgIpc) is 2.84. The Morgan fingerprint density at radius 3 is 2.55 bits per heavy atom. The van der Waals surface area contributed by atoms with Gasteiger partial charge in [-0.1, -0.05) is 42.3 Å². The summed E-state index contributed by atoms with van der Waals surface area (Å²) >= 11 is 5.88. The molecular weight excluding hydrogens is 564 g/mol. The fourth-order valence-corrected chi connectivity index (χ4v) is 4.02. The fourth-order valence-electron chi connectivity index (χ4n) is 3.79. The number of alkyl halides is 6. The Bertz CT molecular complexity index is 1520. The molecule has 0 saturated carbocycles. The molecule has 0 aliphatic heterocycles. The number of aromatic nitrogens is 2. The number of hydrogen-bond donors (Lipinski definition) is 2. The summed E-state index contributed by atoms with van der Waals surface area (Å²) in [6.45, 7) is 2.87. The Labute approximate surface area is 229 Å². The normalized spacial score (nSPS) is 18.6. The molecule has 2 atom stereocenters. The lowest BCUT2D eigenvalue weighted by Crippen LogP contribution is -2.39. The second-order valence-corrected chi connectivity index (χ2v) is 9.71. The second kappa shape index (κ2) is 11.3. The Hall–Kier alpha value is -3.89. The van der Waals surface area contributed by atoms with Crippen molar-refractivity contribution >= 4 is 17.3 Å². The maximum absolute atomic E-state index is 13.6. The number of nitriles is 1. The van der Waals surface area contributed by atoms with E-state index >= 15 is 0 Å². The van der Waals surface area contributed by atoms with Crippen molar-refractivity contribution in [1.29, 1.82) is 10.7 Å². The summed E-state index contributed by atoms with van der Waals surface area (Å²) in [6.07, 6.45) is -3.35. The van der Waals surface area contributed by atoms with E-state index in [1.54, 1.807) is 19.9 Å². The summed E-state index contributed by atoms with van der Waals surface area (Å²) in [5, 5.41) is 17.4. The maximum Gasteiger partial charge on any atom is 0.437 e. The summed E-state index contributed by atoms with van der Waals surface area (Å²) in [5.74, 6) is -1.47. The van der Waals surface area contributed by atoms with Crippen molar-refractivity contribution in [3.05, 3.63) is 86.6 Å². The van der Waals surface area contributed by atoms with E-state index in [1.165, 1.54) is 30.4 Å². The number of nitrogens with two attached hydrogens (primary N) is 1. The van der Waals surface area contributed by atoms with Crippen LogP contribution in [0.1, 0.15) is 31.5 Å². The van der Waals surface area contributed by atoms with Gasteiger partial charge in [0.05, 0.1) is 30.2 Å². The predicted octanol–water partition coefficient (Wildman–Crippen LogP) is 6.33. The molecule has 2 aromatic rings. The van der Waals surface area contributed by atoms with Crippen LogP contribution >= 0.6 is 11.6 Å². The first kappa shape index (κ1) is 30.6. The van der Waals surface area contributed by atoms with Gasteiger partial charge in [-0.15, -0.1) is 0 Å². The maximum atomic E-state index is 13.6. The van der Waals surface area contributed by atoms with Crippen LogP contribution in [0.15, 0.2) is 64.8 Å². The minimum Gasteiger partial charge on any atom is -0.449 e. The quantitative estimate of drug-likeness (QED) is 0.291. The molecule has 7 nitrogen and oxygen atoms in total. The molecule has 0 saturated heterocycles. The number of benzene rings is 1. The van der Waals surface area contributed by atoms with Crippen molar-refractivity contribution in [2.45, 2.75) is 45.2 Å². The molecule has 1 aliphatic carbocycles. The van der Waals surface area contributed by atoms with Gasteiger partial charge < -0.3 is 15.9 Å². The number of nitrogens with zero attached hydrogens (tertiary/aromatic N) is 3. The third kappa shape index (κ3) is 7.00. The molecule has 1 heterocycles. The zero-order valence-corrected chi connectivity index (χ0v) is 21.7. The molecule has 1 aromatic heterocycles. The number of nitrogens with one attached hydrogen (secondary N) is 1. The largest absolute Gasteiger partial charge is 0.449 e. The van der Waals surface area contributed by atoms with Crippen molar-refractivity contribution in [3.8, 4) is 17.6 Å². The lowest BCUT2D eigenvalue weighted by molar-refractivity contribution is -0.142. The number of hydrogen-bond acceptors (Lipinski definition) is 6. The minimum atomic E-state index is -5.06. The molecule has 14 heteroatoms. The van der Waals surface area contributed by atoms with Gasteiger partial charge in [-0.05, 0) is 43.2 Å². The smallest absolute Gasteiger partial charge is 0.437 e. The van der Waals surface area contributed by atoms with Crippen LogP contribution in [0.4, 0.5) is 26.3 Å².